The van der Waals surface area contributed by atoms with Crippen LogP contribution in [0, 0.1) is 36.5 Å². The molecule has 0 aliphatic rings. The third-order valence-electron chi connectivity index (χ3n) is 5.77. The van der Waals surface area contributed by atoms with Gasteiger partial charge >= 0.3 is 0 Å². The van der Waals surface area contributed by atoms with Gasteiger partial charge in [-0.15, -0.1) is 12.8 Å². The Balaban J connectivity index is 4.92. The van der Waals surface area contributed by atoms with Gasteiger partial charge in [0, 0.05) is 13.2 Å². The van der Waals surface area contributed by atoms with Gasteiger partial charge in [0.15, 0.2) is 16.6 Å². The van der Waals surface area contributed by atoms with Crippen molar-refractivity contribution in [3.05, 3.63) is 0 Å². The molecule has 2 nitrogen and oxygen atoms in total. The molecule has 0 bridgehead atoms. The van der Waals surface area contributed by atoms with Gasteiger partial charge in [-0.2, -0.15) is 0 Å². The van der Waals surface area contributed by atoms with Crippen LogP contribution in [-0.2, 0) is 8.85 Å². The third-order valence-corrected chi connectivity index (χ3v) is 14.8. The van der Waals surface area contributed by atoms with E-state index in [-0.39, 0.29) is 21.9 Å². The van der Waals surface area contributed by atoms with Crippen molar-refractivity contribution in [2.75, 3.05) is 13.2 Å². The largest absolute Gasteiger partial charge is 0.416 e. The Bertz CT molecular complexity index is 436. The molecule has 0 aromatic carbocycles. The zero-order valence-electron chi connectivity index (χ0n) is 17.5. The summed E-state index contributed by atoms with van der Waals surface area (Å²) < 4.78 is 12.6. The maximum Gasteiger partial charge on any atom is 0.192 e. The van der Waals surface area contributed by atoms with Crippen LogP contribution in [0.15, 0.2) is 0 Å². The molecule has 0 N–H and O–H groups in total. The molecule has 0 fully saturated rings. The first-order valence-electron chi connectivity index (χ1n) is 8.79. The van der Waals surface area contributed by atoms with Crippen LogP contribution in [0.4, 0.5) is 0 Å². The Labute approximate surface area is 153 Å². The second kappa shape index (κ2) is 8.24. The quantitative estimate of drug-likeness (QED) is 0.436. The lowest BCUT2D eigenvalue weighted by molar-refractivity contribution is 0.184. The lowest BCUT2D eigenvalue weighted by Crippen LogP contribution is -2.44. The average molecular weight is 367 g/mol. The number of hydrogen-bond donors (Lipinski definition) is 0. The van der Waals surface area contributed by atoms with Crippen molar-refractivity contribution >= 4 is 16.6 Å². The molecule has 0 aromatic rings. The highest BCUT2D eigenvalue weighted by atomic mass is 28.4. The molecule has 24 heavy (non-hydrogen) atoms. The molecule has 138 valence electrons. The molecule has 0 aliphatic carbocycles. The van der Waals surface area contributed by atoms with Gasteiger partial charge in [0.1, 0.15) is 0 Å². The molecule has 0 aliphatic heterocycles. The second-order valence-electron chi connectivity index (χ2n) is 9.69. The highest BCUT2D eigenvalue weighted by Gasteiger charge is 2.39. The lowest BCUT2D eigenvalue weighted by atomic mass is 9.96. The summed E-state index contributed by atoms with van der Waals surface area (Å²) in [6.07, 6.45) is 11.5. The monoisotopic (exact) mass is 366 g/mol. The van der Waals surface area contributed by atoms with Gasteiger partial charge in [0.2, 0.25) is 0 Å². The summed E-state index contributed by atoms with van der Waals surface area (Å²) in [6.45, 7) is 23.3. The third kappa shape index (κ3) is 6.41. The van der Waals surface area contributed by atoms with Crippen molar-refractivity contribution in [3.8, 4) is 24.7 Å². The van der Waals surface area contributed by atoms with E-state index in [1.165, 1.54) is 0 Å². The van der Waals surface area contributed by atoms with Crippen LogP contribution in [0.1, 0.15) is 41.5 Å². The lowest BCUT2D eigenvalue weighted by Gasteiger charge is -2.38. The van der Waals surface area contributed by atoms with Crippen molar-refractivity contribution in [1.29, 1.82) is 0 Å². The highest BCUT2D eigenvalue weighted by molar-refractivity contribution is 6.74. The fourth-order valence-corrected chi connectivity index (χ4v) is 3.65. The molecule has 0 heterocycles. The fraction of sp³-hybridized carbons (Fsp3) is 0.800. The van der Waals surface area contributed by atoms with E-state index in [4.69, 9.17) is 21.7 Å². The minimum atomic E-state index is -1.83. The molecule has 0 rings (SSSR count). The van der Waals surface area contributed by atoms with E-state index in [1.54, 1.807) is 0 Å². The summed E-state index contributed by atoms with van der Waals surface area (Å²) in [5.74, 6) is 5.48. The highest BCUT2D eigenvalue weighted by Crippen LogP contribution is 2.38. The van der Waals surface area contributed by atoms with E-state index in [0.29, 0.717) is 13.2 Å². The Morgan fingerprint density at radius 1 is 0.708 bits per heavy atom. The van der Waals surface area contributed by atoms with Crippen molar-refractivity contribution in [2.45, 2.75) is 77.8 Å². The van der Waals surface area contributed by atoms with Crippen molar-refractivity contribution in [2.24, 2.45) is 11.8 Å². The fourth-order valence-electron chi connectivity index (χ4n) is 1.59. The normalized spacial score (nSPS) is 16.2. The summed E-state index contributed by atoms with van der Waals surface area (Å²) in [6, 6.07) is 0. The van der Waals surface area contributed by atoms with Gasteiger partial charge < -0.3 is 8.85 Å². The summed E-state index contributed by atoms with van der Waals surface area (Å²) in [5, 5.41) is 0.324. The van der Waals surface area contributed by atoms with Crippen LogP contribution in [0.3, 0.4) is 0 Å². The standard InChI is InChI=1S/C20H38O2Si2/c1-13-17(15-21-23(9,10)19(3,4)5)18(14-2)16-22-24(11,12)20(6,7)8/h1-2,17-18H,15-16H2,3-12H3/t17-,18+. The Morgan fingerprint density at radius 2 is 0.958 bits per heavy atom. The van der Waals surface area contributed by atoms with Crippen LogP contribution in [0.5, 0.6) is 0 Å². The van der Waals surface area contributed by atoms with Crippen molar-refractivity contribution in [3.63, 3.8) is 0 Å². The number of rotatable bonds is 7. The predicted octanol–water partition coefficient (Wildman–Crippen LogP) is 5.53. The van der Waals surface area contributed by atoms with Gasteiger partial charge in [0.25, 0.3) is 0 Å². The Morgan fingerprint density at radius 3 is 1.12 bits per heavy atom. The van der Waals surface area contributed by atoms with Gasteiger partial charge in [-0.3, -0.25) is 0 Å². The van der Waals surface area contributed by atoms with Crippen molar-refractivity contribution < 1.29 is 8.85 Å². The maximum atomic E-state index is 6.29. The molecule has 4 heteroatoms. The van der Waals surface area contributed by atoms with E-state index in [9.17, 15) is 0 Å². The molecule has 0 aromatic heterocycles. The van der Waals surface area contributed by atoms with Crippen LogP contribution < -0.4 is 0 Å². The molecular weight excluding hydrogens is 328 g/mol. The minimum Gasteiger partial charge on any atom is -0.416 e. The van der Waals surface area contributed by atoms with E-state index in [1.807, 2.05) is 0 Å². The van der Waals surface area contributed by atoms with Gasteiger partial charge in [-0.25, -0.2) is 0 Å². The topological polar surface area (TPSA) is 18.5 Å². The van der Waals surface area contributed by atoms with E-state index < -0.39 is 16.6 Å². The van der Waals surface area contributed by atoms with E-state index in [2.05, 4.69) is 79.6 Å². The zero-order valence-corrected chi connectivity index (χ0v) is 19.5. The zero-order chi connectivity index (χ0) is 19.4. The summed E-state index contributed by atoms with van der Waals surface area (Å²) in [5.41, 5.74) is 0. The summed E-state index contributed by atoms with van der Waals surface area (Å²) >= 11 is 0. The van der Waals surface area contributed by atoms with Gasteiger partial charge in [-0.1, -0.05) is 53.4 Å². The van der Waals surface area contributed by atoms with Gasteiger partial charge in [-0.05, 0) is 36.3 Å². The first-order valence-corrected chi connectivity index (χ1v) is 14.6. The molecular formula is C20H38O2Si2. The van der Waals surface area contributed by atoms with E-state index in [0.717, 1.165) is 0 Å². The smallest absolute Gasteiger partial charge is 0.192 e. The first kappa shape index (κ1) is 23.5. The summed E-state index contributed by atoms with van der Waals surface area (Å²) in [7, 11) is -3.66. The molecule has 0 saturated carbocycles. The minimum absolute atomic E-state index is 0.103. The second-order valence-corrected chi connectivity index (χ2v) is 19.3. The van der Waals surface area contributed by atoms with Crippen LogP contribution in [0.25, 0.3) is 0 Å². The average Bonchev–Trinajstić information content (AvgIpc) is 2.39. The van der Waals surface area contributed by atoms with E-state index >= 15 is 0 Å². The molecule has 0 unspecified atom stereocenters. The molecule has 0 spiro atoms. The van der Waals surface area contributed by atoms with Crippen LogP contribution >= 0.6 is 0 Å². The van der Waals surface area contributed by atoms with Crippen molar-refractivity contribution in [1.82, 2.24) is 0 Å². The molecule has 2 atom stereocenters. The first-order chi connectivity index (χ1) is 10.6. The molecule has 0 saturated heterocycles. The SMILES string of the molecule is C#C[C@H](CO[Si](C)(C)C(C)(C)C)[C@@H](C#C)CO[Si](C)(C)C(C)(C)C. The Kier molecular flexibility index (Phi) is 8.05. The maximum absolute atomic E-state index is 6.29. The van der Waals surface area contributed by atoms with Crippen LogP contribution in [0.2, 0.25) is 36.3 Å². The Hall–Kier alpha value is -0.526. The van der Waals surface area contributed by atoms with Gasteiger partial charge in [0.05, 0.1) is 11.8 Å². The molecule has 0 amide bonds. The predicted molar refractivity (Wildman–Crippen MR) is 111 cm³/mol. The number of hydrogen-bond acceptors (Lipinski definition) is 2. The molecule has 0 radical (unpaired) electrons. The number of terminal acetylenes is 2. The van der Waals surface area contributed by atoms with Crippen LogP contribution in [-0.4, -0.2) is 29.8 Å². The summed E-state index contributed by atoms with van der Waals surface area (Å²) in [4.78, 5) is 0.